The van der Waals surface area contributed by atoms with Crippen LogP contribution in [0.5, 0.6) is 5.75 Å². The molecule has 1 aromatic carbocycles. The number of halogens is 2. The van der Waals surface area contributed by atoms with Gasteiger partial charge in [-0.2, -0.15) is 0 Å². The van der Waals surface area contributed by atoms with E-state index in [0.29, 0.717) is 21.7 Å². The summed E-state index contributed by atoms with van der Waals surface area (Å²) in [7, 11) is 1.71. The molecule has 0 saturated carbocycles. The maximum Gasteiger partial charge on any atom is 0.325 e. The molecule has 0 fully saturated rings. The highest BCUT2D eigenvalue weighted by molar-refractivity contribution is 6.30. The van der Waals surface area contributed by atoms with E-state index >= 15 is 0 Å². The van der Waals surface area contributed by atoms with E-state index in [1.807, 2.05) is 0 Å². The number of ether oxygens (including phenoxy) is 2. The van der Waals surface area contributed by atoms with Gasteiger partial charge in [-0.25, -0.2) is 0 Å². The second-order valence-electron chi connectivity index (χ2n) is 4.60. The van der Waals surface area contributed by atoms with Crippen LogP contribution in [-0.2, 0) is 9.53 Å². The lowest BCUT2D eigenvalue weighted by molar-refractivity contribution is -0.142. The Balaban J connectivity index is 1.69. The largest absolute Gasteiger partial charge is 0.490 e. The molecule has 0 spiro atoms. The predicted molar refractivity (Wildman–Crippen MR) is 88.2 cm³/mol. The molecule has 0 aliphatic carbocycles. The number of nitrogens with zero attached hydrogens (tertiary/aromatic N) is 3. The van der Waals surface area contributed by atoms with E-state index in [1.54, 1.807) is 48.3 Å². The Morgan fingerprint density at radius 1 is 1.17 bits per heavy atom. The Bertz CT molecular complexity index is 653. The number of rotatable bonds is 7. The molecule has 0 aliphatic rings. The molecule has 1 aromatic heterocycles. The summed E-state index contributed by atoms with van der Waals surface area (Å²) in [6.45, 7) is 0.440. The number of esters is 1. The molecule has 2 rings (SSSR count). The standard InChI is InChI=1S/C15H15Cl2N3O3/c1-20(14-6-5-13(17)18-19-14)10-15(21)23-8-7-22-12-4-2-3-11(16)9-12/h2-6,9H,7-8,10H2,1H3. The van der Waals surface area contributed by atoms with Crippen molar-refractivity contribution in [3.63, 3.8) is 0 Å². The zero-order chi connectivity index (χ0) is 16.7. The van der Waals surface area contributed by atoms with Crippen LogP contribution < -0.4 is 9.64 Å². The number of hydrogen-bond acceptors (Lipinski definition) is 6. The summed E-state index contributed by atoms with van der Waals surface area (Å²) in [6.07, 6.45) is 0. The SMILES string of the molecule is CN(CC(=O)OCCOc1cccc(Cl)c1)c1ccc(Cl)nn1. The van der Waals surface area contributed by atoms with Crippen molar-refractivity contribution in [1.82, 2.24) is 10.2 Å². The molecule has 1 heterocycles. The lowest BCUT2D eigenvalue weighted by Gasteiger charge is -2.16. The van der Waals surface area contributed by atoms with Crippen LogP contribution in [0.2, 0.25) is 10.2 Å². The summed E-state index contributed by atoms with van der Waals surface area (Å²) in [5.41, 5.74) is 0. The highest BCUT2D eigenvalue weighted by Crippen LogP contribution is 2.16. The topological polar surface area (TPSA) is 64.6 Å². The highest BCUT2D eigenvalue weighted by atomic mass is 35.5. The number of anilines is 1. The average Bonchev–Trinajstić information content (AvgIpc) is 2.52. The van der Waals surface area contributed by atoms with E-state index in [4.69, 9.17) is 32.7 Å². The van der Waals surface area contributed by atoms with E-state index in [-0.39, 0.29) is 25.7 Å². The van der Waals surface area contributed by atoms with Gasteiger partial charge in [0.1, 0.15) is 25.5 Å². The Hall–Kier alpha value is -2.05. The molecule has 0 saturated heterocycles. The molecular weight excluding hydrogens is 341 g/mol. The summed E-state index contributed by atoms with van der Waals surface area (Å²) in [4.78, 5) is 13.4. The summed E-state index contributed by atoms with van der Waals surface area (Å²) in [5, 5.41) is 8.47. The summed E-state index contributed by atoms with van der Waals surface area (Å²) in [6, 6.07) is 10.3. The van der Waals surface area contributed by atoms with E-state index < -0.39 is 0 Å². The van der Waals surface area contributed by atoms with Gasteiger partial charge in [0.2, 0.25) is 0 Å². The van der Waals surface area contributed by atoms with Crippen LogP contribution in [0.15, 0.2) is 36.4 Å². The van der Waals surface area contributed by atoms with Gasteiger partial charge in [-0.05, 0) is 30.3 Å². The van der Waals surface area contributed by atoms with E-state index in [0.717, 1.165) is 0 Å². The van der Waals surface area contributed by atoms with Gasteiger partial charge in [-0.15, -0.1) is 10.2 Å². The maximum atomic E-state index is 11.7. The Morgan fingerprint density at radius 2 is 2.00 bits per heavy atom. The number of benzene rings is 1. The fourth-order valence-corrected chi connectivity index (χ4v) is 1.99. The molecule has 2 aromatic rings. The van der Waals surface area contributed by atoms with E-state index in [9.17, 15) is 4.79 Å². The van der Waals surface area contributed by atoms with Gasteiger partial charge in [0.15, 0.2) is 11.0 Å². The lowest BCUT2D eigenvalue weighted by Crippen LogP contribution is -2.28. The van der Waals surface area contributed by atoms with Crippen molar-refractivity contribution in [2.45, 2.75) is 0 Å². The summed E-state index contributed by atoms with van der Waals surface area (Å²) < 4.78 is 10.5. The number of likely N-dealkylation sites (N-methyl/N-ethyl adjacent to an activating group) is 1. The third-order valence-electron chi connectivity index (χ3n) is 2.79. The second kappa shape index (κ2) is 8.55. The first-order valence-electron chi connectivity index (χ1n) is 6.79. The smallest absolute Gasteiger partial charge is 0.325 e. The molecule has 0 amide bonds. The molecule has 8 heteroatoms. The first kappa shape index (κ1) is 17.3. The van der Waals surface area contributed by atoms with Gasteiger partial charge in [0.05, 0.1) is 0 Å². The molecule has 0 bridgehead atoms. The van der Waals surface area contributed by atoms with Crippen molar-refractivity contribution in [3.05, 3.63) is 46.6 Å². The molecule has 0 unspecified atom stereocenters. The van der Waals surface area contributed by atoms with Crippen LogP contribution in [0.3, 0.4) is 0 Å². The molecule has 122 valence electrons. The van der Waals surface area contributed by atoms with Gasteiger partial charge < -0.3 is 14.4 Å². The van der Waals surface area contributed by atoms with Crippen molar-refractivity contribution in [2.24, 2.45) is 0 Å². The minimum atomic E-state index is -0.390. The zero-order valence-corrected chi connectivity index (χ0v) is 13.9. The van der Waals surface area contributed by atoms with Crippen molar-refractivity contribution in [1.29, 1.82) is 0 Å². The first-order chi connectivity index (χ1) is 11.0. The molecule has 0 aliphatic heterocycles. The number of carbonyl (C=O) groups is 1. The molecule has 0 N–H and O–H groups in total. The normalized spacial score (nSPS) is 10.2. The van der Waals surface area contributed by atoms with Gasteiger partial charge >= 0.3 is 5.97 Å². The average molecular weight is 356 g/mol. The predicted octanol–water partition coefficient (Wildman–Crippen LogP) is 2.84. The van der Waals surface area contributed by atoms with Crippen LogP contribution in [-0.4, -0.2) is 43.0 Å². The van der Waals surface area contributed by atoms with Gasteiger partial charge in [-0.1, -0.05) is 29.3 Å². The van der Waals surface area contributed by atoms with Gasteiger partial charge in [0.25, 0.3) is 0 Å². The second-order valence-corrected chi connectivity index (χ2v) is 5.42. The van der Waals surface area contributed by atoms with Crippen molar-refractivity contribution in [2.75, 3.05) is 31.7 Å². The van der Waals surface area contributed by atoms with Crippen LogP contribution in [0.1, 0.15) is 0 Å². The van der Waals surface area contributed by atoms with Crippen LogP contribution in [0.4, 0.5) is 5.82 Å². The third kappa shape index (κ3) is 5.92. The quantitative estimate of drug-likeness (QED) is 0.562. The Labute approximate surface area is 143 Å². The van der Waals surface area contributed by atoms with E-state index in [2.05, 4.69) is 10.2 Å². The Kier molecular flexibility index (Phi) is 6.43. The monoisotopic (exact) mass is 355 g/mol. The van der Waals surface area contributed by atoms with Crippen LogP contribution in [0.25, 0.3) is 0 Å². The summed E-state index contributed by atoms with van der Waals surface area (Å²) in [5.74, 6) is 0.766. The molecule has 23 heavy (non-hydrogen) atoms. The Morgan fingerprint density at radius 3 is 2.70 bits per heavy atom. The van der Waals surface area contributed by atoms with Crippen molar-refractivity contribution >= 4 is 35.0 Å². The van der Waals surface area contributed by atoms with Gasteiger partial charge in [-0.3, -0.25) is 4.79 Å². The highest BCUT2D eigenvalue weighted by Gasteiger charge is 2.10. The summed E-state index contributed by atoms with van der Waals surface area (Å²) >= 11 is 11.5. The van der Waals surface area contributed by atoms with E-state index in [1.165, 1.54) is 0 Å². The van der Waals surface area contributed by atoms with Gasteiger partial charge in [0, 0.05) is 12.1 Å². The minimum absolute atomic E-state index is 0.0491. The number of aromatic nitrogens is 2. The molecule has 6 nitrogen and oxygen atoms in total. The maximum absolute atomic E-state index is 11.7. The zero-order valence-electron chi connectivity index (χ0n) is 12.4. The van der Waals surface area contributed by atoms with Crippen molar-refractivity contribution < 1.29 is 14.3 Å². The van der Waals surface area contributed by atoms with Crippen LogP contribution in [0, 0.1) is 0 Å². The first-order valence-corrected chi connectivity index (χ1v) is 7.54. The lowest BCUT2D eigenvalue weighted by atomic mass is 10.3. The molecule has 0 radical (unpaired) electrons. The molecular formula is C15H15Cl2N3O3. The van der Waals surface area contributed by atoms with Crippen LogP contribution >= 0.6 is 23.2 Å². The minimum Gasteiger partial charge on any atom is -0.490 e. The third-order valence-corrected chi connectivity index (χ3v) is 3.22. The number of carbonyl (C=O) groups excluding carboxylic acids is 1. The fraction of sp³-hybridized carbons (Fsp3) is 0.267. The molecule has 0 atom stereocenters. The fourth-order valence-electron chi connectivity index (χ4n) is 1.70. The van der Waals surface area contributed by atoms with Crippen molar-refractivity contribution in [3.8, 4) is 5.75 Å². The number of hydrogen-bond donors (Lipinski definition) is 0.